The van der Waals surface area contributed by atoms with Gasteiger partial charge >= 0.3 is 6.18 Å². The third-order valence-electron chi connectivity index (χ3n) is 6.41. The molecular formula is C28H23F3N2O2. The number of aromatic amines is 1. The molecule has 0 radical (unpaired) electrons. The summed E-state index contributed by atoms with van der Waals surface area (Å²) in [6.07, 6.45) is -0.721. The number of H-pyrrole nitrogens is 1. The van der Waals surface area contributed by atoms with Crippen molar-refractivity contribution < 1.29 is 22.7 Å². The molecule has 3 aromatic carbocycles. The molecule has 178 valence electrons. The Balaban J connectivity index is 1.49. The fraction of sp³-hybridized carbons (Fsp3) is 0.179. The first-order chi connectivity index (χ1) is 16.8. The summed E-state index contributed by atoms with van der Waals surface area (Å²) in [6.45, 7) is 0.516. The summed E-state index contributed by atoms with van der Waals surface area (Å²) in [7, 11) is 1.60. The van der Waals surface area contributed by atoms with Crippen molar-refractivity contribution in [2.24, 2.45) is 0 Å². The van der Waals surface area contributed by atoms with Crippen molar-refractivity contribution in [1.82, 2.24) is 9.88 Å². The van der Waals surface area contributed by atoms with Crippen LogP contribution in [0.25, 0.3) is 17.0 Å². The molecule has 0 spiro atoms. The number of alkyl halides is 3. The summed E-state index contributed by atoms with van der Waals surface area (Å²) >= 11 is 0. The van der Waals surface area contributed by atoms with Crippen molar-refractivity contribution in [3.8, 4) is 5.75 Å². The highest BCUT2D eigenvalue weighted by molar-refractivity contribution is 5.93. The van der Waals surface area contributed by atoms with Gasteiger partial charge in [0.2, 0.25) is 5.91 Å². The Morgan fingerprint density at radius 2 is 1.74 bits per heavy atom. The van der Waals surface area contributed by atoms with Gasteiger partial charge in [-0.15, -0.1) is 0 Å². The molecule has 0 saturated carbocycles. The van der Waals surface area contributed by atoms with Crippen molar-refractivity contribution in [2.45, 2.75) is 18.6 Å². The van der Waals surface area contributed by atoms with Crippen LogP contribution in [0, 0.1) is 0 Å². The van der Waals surface area contributed by atoms with E-state index in [9.17, 15) is 18.0 Å². The smallest absolute Gasteiger partial charge is 0.416 e. The number of methoxy groups -OCH3 is 1. The van der Waals surface area contributed by atoms with Crippen LogP contribution in [0.2, 0.25) is 0 Å². The monoisotopic (exact) mass is 476 g/mol. The Kier molecular flexibility index (Phi) is 5.84. The zero-order valence-corrected chi connectivity index (χ0v) is 19.0. The second-order valence-electron chi connectivity index (χ2n) is 8.47. The van der Waals surface area contributed by atoms with E-state index in [0.717, 1.165) is 40.0 Å². The van der Waals surface area contributed by atoms with Gasteiger partial charge in [0, 0.05) is 29.2 Å². The Morgan fingerprint density at radius 1 is 1.03 bits per heavy atom. The summed E-state index contributed by atoms with van der Waals surface area (Å²) in [6, 6.07) is 20.1. The zero-order chi connectivity index (χ0) is 24.6. The Hall–Kier alpha value is -4.00. The topological polar surface area (TPSA) is 45.3 Å². The molecule has 1 amide bonds. The van der Waals surface area contributed by atoms with Crippen LogP contribution in [0.4, 0.5) is 13.2 Å². The Labute approximate surface area is 200 Å². The van der Waals surface area contributed by atoms with Gasteiger partial charge < -0.3 is 14.6 Å². The molecule has 4 aromatic rings. The Bertz CT molecular complexity index is 1390. The van der Waals surface area contributed by atoms with E-state index in [2.05, 4.69) is 11.1 Å². The Morgan fingerprint density at radius 3 is 2.43 bits per heavy atom. The standard InChI is InChI=1S/C28H23F3N2O2/c1-35-21-13-9-19(10-14-21)27-26-23(22-4-2-3-5-24(22)32-26)16-17-33(27)25(34)15-8-18-6-11-20(12-7-18)28(29,30)31/h2-15,27,32H,16-17H2,1H3. The number of fused-ring (bicyclic) bond motifs is 3. The van der Waals surface area contributed by atoms with Gasteiger partial charge in [-0.05, 0) is 59.5 Å². The highest BCUT2D eigenvalue weighted by atomic mass is 19.4. The molecule has 0 bridgehead atoms. The second-order valence-corrected chi connectivity index (χ2v) is 8.47. The fourth-order valence-electron chi connectivity index (χ4n) is 4.66. The lowest BCUT2D eigenvalue weighted by Gasteiger charge is -2.35. The summed E-state index contributed by atoms with van der Waals surface area (Å²) in [4.78, 5) is 18.7. The molecule has 2 heterocycles. The molecule has 1 aliphatic heterocycles. The van der Waals surface area contributed by atoms with Gasteiger partial charge in [0.1, 0.15) is 5.75 Å². The van der Waals surface area contributed by atoms with E-state index in [-0.39, 0.29) is 11.9 Å². The quantitative estimate of drug-likeness (QED) is 0.347. The van der Waals surface area contributed by atoms with Gasteiger partial charge in [-0.2, -0.15) is 13.2 Å². The number of ether oxygens (including phenoxy) is 1. The third-order valence-corrected chi connectivity index (χ3v) is 6.41. The molecule has 35 heavy (non-hydrogen) atoms. The summed E-state index contributed by atoms with van der Waals surface area (Å²) in [5.41, 5.74) is 3.93. The number of benzene rings is 3. The van der Waals surface area contributed by atoms with Crippen molar-refractivity contribution in [2.75, 3.05) is 13.7 Å². The van der Waals surface area contributed by atoms with Crippen molar-refractivity contribution >= 4 is 22.9 Å². The molecule has 1 atom stereocenters. The molecule has 0 fully saturated rings. The van der Waals surface area contributed by atoms with Gasteiger partial charge in [0.05, 0.1) is 18.7 Å². The van der Waals surface area contributed by atoms with E-state index in [1.54, 1.807) is 18.1 Å². The number of rotatable bonds is 4. The second kappa shape index (κ2) is 8.98. The fourth-order valence-corrected chi connectivity index (χ4v) is 4.66. The summed E-state index contributed by atoms with van der Waals surface area (Å²) < 4.78 is 43.8. The number of amides is 1. The van der Waals surface area contributed by atoms with Gasteiger partial charge in [-0.3, -0.25) is 4.79 Å². The maximum atomic E-state index is 13.3. The molecule has 7 heteroatoms. The average molecular weight is 476 g/mol. The van der Waals surface area contributed by atoms with Crippen LogP contribution in [-0.4, -0.2) is 29.4 Å². The van der Waals surface area contributed by atoms with E-state index in [1.807, 2.05) is 42.5 Å². The van der Waals surface area contributed by atoms with Crippen molar-refractivity contribution in [3.05, 3.63) is 107 Å². The molecule has 5 rings (SSSR count). The van der Waals surface area contributed by atoms with Crippen LogP contribution in [-0.2, 0) is 17.4 Å². The van der Waals surface area contributed by atoms with Crippen LogP contribution in [0.15, 0.2) is 78.9 Å². The SMILES string of the molecule is COc1ccc(C2c3[nH]c4ccccc4c3CCN2C(=O)C=Cc2ccc(C(F)(F)F)cc2)cc1. The van der Waals surface area contributed by atoms with Crippen molar-refractivity contribution in [3.63, 3.8) is 0 Å². The lowest BCUT2D eigenvalue weighted by Crippen LogP contribution is -2.39. The highest BCUT2D eigenvalue weighted by Crippen LogP contribution is 2.39. The lowest BCUT2D eigenvalue weighted by molar-refractivity contribution is -0.137. The maximum absolute atomic E-state index is 13.3. The predicted molar refractivity (Wildman–Crippen MR) is 129 cm³/mol. The first kappa shape index (κ1) is 22.8. The highest BCUT2D eigenvalue weighted by Gasteiger charge is 2.34. The maximum Gasteiger partial charge on any atom is 0.416 e. The molecule has 1 unspecified atom stereocenters. The van der Waals surface area contributed by atoms with Gasteiger partial charge in [-0.25, -0.2) is 0 Å². The number of nitrogens with one attached hydrogen (secondary N) is 1. The molecule has 1 aromatic heterocycles. The predicted octanol–water partition coefficient (Wildman–Crippen LogP) is 6.38. The number of carbonyl (C=O) groups is 1. The van der Waals surface area contributed by atoms with Gasteiger partial charge in [0.15, 0.2) is 0 Å². The van der Waals surface area contributed by atoms with Gasteiger partial charge in [-0.1, -0.05) is 42.5 Å². The van der Waals surface area contributed by atoms with Crippen LogP contribution < -0.4 is 4.74 Å². The molecule has 1 N–H and O–H groups in total. The van der Waals surface area contributed by atoms with Crippen LogP contribution in [0.5, 0.6) is 5.75 Å². The number of para-hydroxylation sites is 1. The van der Waals surface area contributed by atoms with Crippen LogP contribution >= 0.6 is 0 Å². The summed E-state index contributed by atoms with van der Waals surface area (Å²) in [5, 5.41) is 1.15. The number of carbonyl (C=O) groups excluding carboxylic acids is 1. The minimum Gasteiger partial charge on any atom is -0.497 e. The normalized spacial score (nSPS) is 16.0. The first-order valence-electron chi connectivity index (χ1n) is 11.2. The minimum absolute atomic E-state index is 0.213. The molecule has 0 saturated heterocycles. The molecule has 1 aliphatic rings. The zero-order valence-electron chi connectivity index (χ0n) is 19.0. The molecule has 4 nitrogen and oxygen atoms in total. The lowest BCUT2D eigenvalue weighted by atomic mass is 9.92. The average Bonchev–Trinajstić information content (AvgIpc) is 3.25. The number of nitrogens with zero attached hydrogens (tertiary/aromatic N) is 1. The number of hydrogen-bond donors (Lipinski definition) is 1. The van der Waals surface area contributed by atoms with E-state index in [1.165, 1.54) is 23.8 Å². The van der Waals surface area contributed by atoms with Gasteiger partial charge in [0.25, 0.3) is 0 Å². The summed E-state index contributed by atoms with van der Waals surface area (Å²) in [5.74, 6) is 0.511. The van der Waals surface area contributed by atoms with E-state index < -0.39 is 11.7 Å². The first-order valence-corrected chi connectivity index (χ1v) is 11.2. The number of halogens is 3. The van der Waals surface area contributed by atoms with Crippen LogP contribution in [0.3, 0.4) is 0 Å². The minimum atomic E-state index is -4.39. The number of hydrogen-bond acceptors (Lipinski definition) is 2. The molecule has 0 aliphatic carbocycles. The van der Waals surface area contributed by atoms with E-state index in [4.69, 9.17) is 4.74 Å². The van der Waals surface area contributed by atoms with Crippen molar-refractivity contribution in [1.29, 1.82) is 0 Å². The largest absolute Gasteiger partial charge is 0.497 e. The third kappa shape index (κ3) is 4.41. The van der Waals surface area contributed by atoms with E-state index in [0.29, 0.717) is 18.5 Å². The number of aromatic nitrogens is 1. The van der Waals surface area contributed by atoms with E-state index >= 15 is 0 Å². The molecular weight excluding hydrogens is 453 g/mol. The van der Waals surface area contributed by atoms with Crippen LogP contribution in [0.1, 0.15) is 34.0 Å².